The molecular formula is C21H24N4O2S. The number of sulfonamides is 1. The molecule has 2 aromatic carbocycles. The van der Waals surface area contributed by atoms with Gasteiger partial charge in [0, 0.05) is 31.6 Å². The average Bonchev–Trinajstić information content (AvgIpc) is 2.73. The van der Waals surface area contributed by atoms with Crippen LogP contribution in [0.2, 0.25) is 0 Å². The summed E-state index contributed by atoms with van der Waals surface area (Å²) in [6.07, 6.45) is 1.57. The molecule has 0 unspecified atom stereocenters. The van der Waals surface area contributed by atoms with E-state index in [1.807, 2.05) is 36.4 Å². The van der Waals surface area contributed by atoms with E-state index in [0.29, 0.717) is 37.0 Å². The lowest BCUT2D eigenvalue weighted by atomic mass is 10.0. The molecule has 1 saturated heterocycles. The van der Waals surface area contributed by atoms with Gasteiger partial charge in [-0.25, -0.2) is 18.4 Å². The van der Waals surface area contributed by atoms with Crippen LogP contribution in [-0.4, -0.2) is 48.9 Å². The fourth-order valence-corrected chi connectivity index (χ4v) is 4.98. The van der Waals surface area contributed by atoms with E-state index in [-0.39, 0.29) is 0 Å². The van der Waals surface area contributed by atoms with Crippen LogP contribution >= 0.6 is 0 Å². The lowest BCUT2D eigenvalue weighted by Crippen LogP contribution is -2.49. The predicted molar refractivity (Wildman–Crippen MR) is 111 cm³/mol. The molecule has 0 aliphatic carbocycles. The first-order chi connectivity index (χ1) is 13.5. The summed E-state index contributed by atoms with van der Waals surface area (Å²) >= 11 is 0. The fraction of sp³-hybridized carbons (Fsp3) is 0.333. The molecule has 1 aliphatic heterocycles. The Morgan fingerprint density at radius 2 is 1.57 bits per heavy atom. The van der Waals surface area contributed by atoms with Crippen molar-refractivity contribution in [2.24, 2.45) is 0 Å². The molecule has 0 N–H and O–H groups in total. The van der Waals surface area contributed by atoms with Crippen molar-refractivity contribution in [2.75, 3.05) is 31.1 Å². The van der Waals surface area contributed by atoms with Crippen LogP contribution in [0.15, 0.2) is 59.8 Å². The zero-order chi connectivity index (χ0) is 19.7. The monoisotopic (exact) mass is 396 g/mol. The van der Waals surface area contributed by atoms with Crippen molar-refractivity contribution in [3.8, 4) is 0 Å². The van der Waals surface area contributed by atoms with Crippen molar-refractivity contribution < 1.29 is 8.42 Å². The van der Waals surface area contributed by atoms with Gasteiger partial charge in [-0.3, -0.25) is 0 Å². The van der Waals surface area contributed by atoms with Gasteiger partial charge in [0.05, 0.1) is 10.4 Å². The summed E-state index contributed by atoms with van der Waals surface area (Å²) in [7, 11) is -3.48. The number of hydrogen-bond acceptors (Lipinski definition) is 5. The van der Waals surface area contributed by atoms with E-state index < -0.39 is 10.0 Å². The molecule has 1 aromatic heterocycles. The number of hydrogen-bond donors (Lipinski definition) is 0. The van der Waals surface area contributed by atoms with E-state index in [1.54, 1.807) is 22.8 Å². The topological polar surface area (TPSA) is 66.4 Å². The molecule has 0 radical (unpaired) electrons. The molecule has 4 rings (SSSR count). The Bertz CT molecular complexity index is 1070. The highest BCUT2D eigenvalue weighted by atomic mass is 32.2. The summed E-state index contributed by atoms with van der Waals surface area (Å²) in [6.45, 7) is 6.27. The second-order valence-electron chi connectivity index (χ2n) is 7.33. The maximum absolute atomic E-state index is 13.0. The second kappa shape index (κ2) is 7.48. The first-order valence-electron chi connectivity index (χ1n) is 9.51. The molecule has 146 valence electrons. The molecule has 2 heterocycles. The minimum atomic E-state index is -3.48. The molecule has 1 fully saturated rings. The van der Waals surface area contributed by atoms with Gasteiger partial charge in [-0.2, -0.15) is 4.31 Å². The van der Waals surface area contributed by atoms with Crippen LogP contribution in [0.5, 0.6) is 0 Å². The maximum atomic E-state index is 13.0. The van der Waals surface area contributed by atoms with Crippen molar-refractivity contribution >= 4 is 26.7 Å². The van der Waals surface area contributed by atoms with Crippen LogP contribution in [0.4, 0.5) is 5.82 Å². The van der Waals surface area contributed by atoms with E-state index in [4.69, 9.17) is 0 Å². The van der Waals surface area contributed by atoms with Gasteiger partial charge < -0.3 is 4.90 Å². The number of fused-ring (bicyclic) bond motifs is 1. The normalized spacial score (nSPS) is 16.0. The van der Waals surface area contributed by atoms with Crippen molar-refractivity contribution in [1.29, 1.82) is 0 Å². The van der Waals surface area contributed by atoms with Crippen molar-refractivity contribution in [3.05, 3.63) is 60.4 Å². The molecule has 0 amide bonds. The largest absolute Gasteiger partial charge is 0.353 e. The summed E-state index contributed by atoms with van der Waals surface area (Å²) in [5, 5.41) is 0.991. The number of rotatable bonds is 4. The molecule has 6 nitrogen and oxygen atoms in total. The Hall–Kier alpha value is -2.51. The van der Waals surface area contributed by atoms with Gasteiger partial charge in [0.25, 0.3) is 0 Å². The van der Waals surface area contributed by atoms with E-state index in [1.165, 1.54) is 0 Å². The molecule has 7 heteroatoms. The summed E-state index contributed by atoms with van der Waals surface area (Å²) in [4.78, 5) is 11.3. The van der Waals surface area contributed by atoms with Gasteiger partial charge >= 0.3 is 0 Å². The Labute approximate surface area is 165 Å². The molecular weight excluding hydrogens is 372 g/mol. The highest BCUT2D eigenvalue weighted by Gasteiger charge is 2.29. The zero-order valence-electron chi connectivity index (χ0n) is 16.1. The summed E-state index contributed by atoms with van der Waals surface area (Å²) in [6, 6.07) is 15.1. The minimum absolute atomic E-state index is 0.359. The lowest BCUT2D eigenvalue weighted by molar-refractivity contribution is 0.384. The minimum Gasteiger partial charge on any atom is -0.353 e. The Balaban J connectivity index is 1.51. The zero-order valence-corrected chi connectivity index (χ0v) is 16.9. The van der Waals surface area contributed by atoms with Crippen molar-refractivity contribution in [3.63, 3.8) is 0 Å². The maximum Gasteiger partial charge on any atom is 0.243 e. The number of aromatic nitrogens is 2. The second-order valence-corrected chi connectivity index (χ2v) is 9.27. The predicted octanol–water partition coefficient (Wildman–Crippen LogP) is 3.26. The molecule has 1 aliphatic rings. The van der Waals surface area contributed by atoms with E-state index in [2.05, 4.69) is 28.7 Å². The molecule has 0 saturated carbocycles. The molecule has 0 atom stereocenters. The molecule has 3 aromatic rings. The van der Waals surface area contributed by atoms with Crippen LogP contribution in [0.25, 0.3) is 10.9 Å². The van der Waals surface area contributed by atoms with Gasteiger partial charge in [0.15, 0.2) is 0 Å². The van der Waals surface area contributed by atoms with Crippen molar-refractivity contribution in [1.82, 2.24) is 14.3 Å². The Morgan fingerprint density at radius 1 is 0.893 bits per heavy atom. The Kier molecular flexibility index (Phi) is 5.03. The highest BCUT2D eigenvalue weighted by Crippen LogP contribution is 2.26. The first kappa shape index (κ1) is 18.8. The number of piperazine rings is 1. The third kappa shape index (κ3) is 3.47. The van der Waals surface area contributed by atoms with Gasteiger partial charge in [0.2, 0.25) is 10.0 Å². The van der Waals surface area contributed by atoms with Crippen LogP contribution < -0.4 is 4.90 Å². The van der Waals surface area contributed by atoms with E-state index in [0.717, 1.165) is 22.3 Å². The van der Waals surface area contributed by atoms with E-state index in [9.17, 15) is 8.42 Å². The van der Waals surface area contributed by atoms with Crippen LogP contribution in [0, 0.1) is 0 Å². The molecule has 0 spiro atoms. The average molecular weight is 397 g/mol. The van der Waals surface area contributed by atoms with E-state index >= 15 is 0 Å². The van der Waals surface area contributed by atoms with Gasteiger partial charge in [-0.05, 0) is 35.7 Å². The number of benzene rings is 2. The number of nitrogens with zero attached hydrogens (tertiary/aromatic N) is 4. The van der Waals surface area contributed by atoms with Crippen molar-refractivity contribution in [2.45, 2.75) is 24.7 Å². The smallest absolute Gasteiger partial charge is 0.243 e. The summed E-state index contributed by atoms with van der Waals surface area (Å²) in [5.74, 6) is 1.24. The third-order valence-electron chi connectivity index (χ3n) is 5.24. The molecule has 28 heavy (non-hydrogen) atoms. The quantitative estimate of drug-likeness (QED) is 0.677. The van der Waals surface area contributed by atoms with Gasteiger partial charge in [0.1, 0.15) is 12.1 Å². The van der Waals surface area contributed by atoms with Gasteiger partial charge in [-0.1, -0.05) is 38.1 Å². The third-order valence-corrected chi connectivity index (χ3v) is 7.16. The standard InChI is InChI=1S/C21H24N4O2S/c1-16(2)17-7-9-18(10-8-17)28(26,27)25-13-11-24(12-14-25)21-19-5-3-4-6-20(19)22-15-23-21/h3-10,15-16H,11-14H2,1-2H3. The summed E-state index contributed by atoms with van der Waals surface area (Å²) in [5.41, 5.74) is 2.03. The molecule has 0 bridgehead atoms. The summed E-state index contributed by atoms with van der Waals surface area (Å²) < 4.78 is 27.6. The SMILES string of the molecule is CC(C)c1ccc(S(=O)(=O)N2CCN(c3ncnc4ccccc34)CC2)cc1. The van der Waals surface area contributed by atoms with Crippen LogP contribution in [-0.2, 0) is 10.0 Å². The number of anilines is 1. The highest BCUT2D eigenvalue weighted by molar-refractivity contribution is 7.89. The first-order valence-corrected chi connectivity index (χ1v) is 11.0. The fourth-order valence-electron chi connectivity index (χ4n) is 3.56. The Morgan fingerprint density at radius 3 is 2.25 bits per heavy atom. The van der Waals surface area contributed by atoms with Crippen LogP contribution in [0.3, 0.4) is 0 Å². The lowest BCUT2D eigenvalue weighted by Gasteiger charge is -2.35. The van der Waals surface area contributed by atoms with Gasteiger partial charge in [-0.15, -0.1) is 0 Å². The number of para-hydroxylation sites is 1. The van der Waals surface area contributed by atoms with Crippen LogP contribution in [0.1, 0.15) is 25.3 Å².